The summed E-state index contributed by atoms with van der Waals surface area (Å²) in [4.78, 5) is 16.4. The van der Waals surface area contributed by atoms with E-state index in [2.05, 4.69) is 30.6 Å². The number of hydrogen-bond acceptors (Lipinski definition) is 2. The molecule has 1 heterocycles. The number of ether oxygens (including phenoxy) is 1. The molecular weight excluding hydrogens is 376 g/mol. The lowest BCUT2D eigenvalue weighted by molar-refractivity contribution is -0.174. The molecule has 2 N–H and O–H groups in total. The van der Waals surface area contributed by atoms with Crippen LogP contribution in [0.25, 0.3) is 11.0 Å². The molecule has 0 aliphatic heterocycles. The highest BCUT2D eigenvalue weighted by Crippen LogP contribution is 2.33. The summed E-state index contributed by atoms with van der Waals surface area (Å²) >= 11 is 9.50. The lowest BCUT2D eigenvalue weighted by atomic mass is 10.1. The van der Waals surface area contributed by atoms with Gasteiger partial charge in [0.25, 0.3) is 0 Å². The molecule has 21 heavy (non-hydrogen) atoms. The van der Waals surface area contributed by atoms with Crippen LogP contribution < -0.4 is 5.69 Å². The Kier molecular flexibility index (Phi) is 5.00. The van der Waals surface area contributed by atoms with Gasteiger partial charge >= 0.3 is 11.9 Å². The van der Waals surface area contributed by atoms with Crippen molar-refractivity contribution in [3.8, 4) is 0 Å². The van der Waals surface area contributed by atoms with Crippen LogP contribution in [0.1, 0.15) is 17.4 Å². The average molecular weight is 388 g/mol. The van der Waals surface area contributed by atoms with Crippen molar-refractivity contribution < 1.29 is 17.9 Å². The Balaban J connectivity index is 2.03. The number of alkyl halides is 4. The number of H-pyrrole nitrogens is 2. The van der Waals surface area contributed by atoms with Crippen molar-refractivity contribution in [1.29, 1.82) is 0 Å². The van der Waals surface area contributed by atoms with Crippen LogP contribution in [0.2, 0.25) is 0 Å². The van der Waals surface area contributed by atoms with E-state index in [0.717, 1.165) is 0 Å². The maximum absolute atomic E-state index is 11.9. The van der Waals surface area contributed by atoms with Gasteiger partial charge in [0.05, 0.1) is 16.4 Å². The smallest absolute Gasteiger partial charge is 0.372 e. The van der Waals surface area contributed by atoms with Crippen molar-refractivity contribution in [3.63, 3.8) is 0 Å². The Bertz CT molecular complexity index is 683. The molecule has 0 saturated carbocycles. The van der Waals surface area contributed by atoms with Crippen molar-refractivity contribution in [2.75, 3.05) is 13.2 Å². The minimum absolute atomic E-state index is 0.109. The van der Waals surface area contributed by atoms with Gasteiger partial charge in [-0.15, -0.1) is 11.6 Å². The van der Waals surface area contributed by atoms with Crippen LogP contribution in [0.4, 0.5) is 13.2 Å². The first kappa shape index (κ1) is 16.4. The molecule has 1 aromatic heterocycles. The quantitative estimate of drug-likeness (QED) is 0.604. The van der Waals surface area contributed by atoms with Crippen molar-refractivity contribution in [1.82, 2.24) is 9.97 Å². The van der Waals surface area contributed by atoms with Gasteiger partial charge in [-0.05, 0) is 24.1 Å². The molecule has 1 atom stereocenters. The second kappa shape index (κ2) is 6.41. The maximum Gasteiger partial charge on any atom is 0.411 e. The number of nitrogens with one attached hydrogen (secondary N) is 2. The molecule has 0 bridgehead atoms. The van der Waals surface area contributed by atoms with E-state index >= 15 is 0 Å². The fourth-order valence-electron chi connectivity index (χ4n) is 1.84. The first-order valence-corrected chi connectivity index (χ1v) is 7.19. The van der Waals surface area contributed by atoms with Gasteiger partial charge in [-0.2, -0.15) is 13.2 Å². The number of aromatic amines is 2. The third-order valence-electron chi connectivity index (χ3n) is 2.75. The number of imidazole rings is 1. The molecule has 0 saturated heterocycles. The Labute approximate surface area is 130 Å². The van der Waals surface area contributed by atoms with E-state index in [1.807, 2.05) is 0 Å². The van der Waals surface area contributed by atoms with Gasteiger partial charge in [0.2, 0.25) is 0 Å². The number of fused-ring (bicyclic) bond motifs is 1. The summed E-state index contributed by atoms with van der Waals surface area (Å²) in [6, 6.07) is 3.37. The molecule has 0 spiro atoms. The molecule has 4 nitrogen and oxygen atoms in total. The van der Waals surface area contributed by atoms with E-state index < -0.39 is 18.2 Å². The van der Waals surface area contributed by atoms with Crippen LogP contribution in [0, 0.1) is 0 Å². The van der Waals surface area contributed by atoms with E-state index in [1.165, 1.54) is 0 Å². The third-order valence-corrected chi connectivity index (χ3v) is 3.89. The number of halogens is 5. The fraction of sp³-hybridized carbons (Fsp3) is 0.417. The second-order valence-corrected chi connectivity index (χ2v) is 5.80. The normalized spacial score (nSPS) is 13.8. The molecule has 0 amide bonds. The zero-order chi connectivity index (χ0) is 15.6. The molecule has 0 fully saturated rings. The number of hydrogen-bond donors (Lipinski definition) is 2. The van der Waals surface area contributed by atoms with Crippen LogP contribution in [0.15, 0.2) is 21.4 Å². The van der Waals surface area contributed by atoms with Crippen molar-refractivity contribution in [3.05, 3.63) is 32.7 Å². The zero-order valence-electron chi connectivity index (χ0n) is 10.6. The van der Waals surface area contributed by atoms with Gasteiger partial charge in [0.15, 0.2) is 0 Å². The van der Waals surface area contributed by atoms with Crippen molar-refractivity contribution in [2.45, 2.75) is 18.0 Å². The van der Waals surface area contributed by atoms with Crippen LogP contribution in [0.3, 0.4) is 0 Å². The standard InChI is InChI=1S/C12H11BrClF3N2O2/c13-7-4-10-9(18-11(20)19-10)3-6(7)8(14)1-2-21-5-12(15,16)17/h3-4,8H,1-2,5H2,(H2,18,19,20). The minimum atomic E-state index is -4.34. The molecule has 0 aliphatic carbocycles. The SMILES string of the molecule is O=c1[nH]c2cc(Br)c(C(Cl)CCOCC(F)(F)F)cc2[nH]1. The van der Waals surface area contributed by atoms with Crippen molar-refractivity contribution in [2.24, 2.45) is 0 Å². The first-order valence-electron chi connectivity index (χ1n) is 5.96. The van der Waals surface area contributed by atoms with Gasteiger partial charge < -0.3 is 14.7 Å². The van der Waals surface area contributed by atoms with E-state index in [0.29, 0.717) is 21.1 Å². The Morgan fingerprint density at radius 3 is 2.52 bits per heavy atom. The summed E-state index contributed by atoms with van der Waals surface area (Å²) in [5.41, 5.74) is 1.54. The van der Waals surface area contributed by atoms with Crippen LogP contribution >= 0.6 is 27.5 Å². The molecule has 0 radical (unpaired) electrons. The van der Waals surface area contributed by atoms with E-state index in [1.54, 1.807) is 12.1 Å². The monoisotopic (exact) mass is 386 g/mol. The predicted octanol–water partition coefficient (Wildman–Crippen LogP) is 3.87. The van der Waals surface area contributed by atoms with E-state index in [9.17, 15) is 18.0 Å². The summed E-state index contributed by atoms with van der Waals surface area (Å²) in [6.07, 6.45) is -4.12. The van der Waals surface area contributed by atoms with Gasteiger partial charge in [0.1, 0.15) is 6.61 Å². The lowest BCUT2D eigenvalue weighted by Crippen LogP contribution is -2.17. The van der Waals surface area contributed by atoms with Crippen molar-refractivity contribution >= 4 is 38.6 Å². The molecule has 2 rings (SSSR count). The van der Waals surface area contributed by atoms with Gasteiger partial charge in [-0.3, -0.25) is 0 Å². The highest BCUT2D eigenvalue weighted by atomic mass is 79.9. The largest absolute Gasteiger partial charge is 0.411 e. The predicted molar refractivity (Wildman–Crippen MR) is 76.7 cm³/mol. The Morgan fingerprint density at radius 1 is 1.29 bits per heavy atom. The molecule has 1 unspecified atom stereocenters. The highest BCUT2D eigenvalue weighted by molar-refractivity contribution is 9.10. The summed E-state index contributed by atoms with van der Waals surface area (Å²) in [7, 11) is 0. The molecule has 1 aromatic carbocycles. The van der Waals surface area contributed by atoms with Crippen LogP contribution in [-0.2, 0) is 4.74 Å². The highest BCUT2D eigenvalue weighted by Gasteiger charge is 2.27. The van der Waals surface area contributed by atoms with Gasteiger partial charge in [0, 0.05) is 11.1 Å². The molecule has 116 valence electrons. The zero-order valence-corrected chi connectivity index (χ0v) is 12.9. The number of benzene rings is 1. The minimum Gasteiger partial charge on any atom is -0.372 e. The van der Waals surface area contributed by atoms with Gasteiger partial charge in [-0.1, -0.05) is 15.9 Å². The molecular formula is C12H11BrClF3N2O2. The first-order chi connectivity index (χ1) is 9.76. The third kappa shape index (κ3) is 4.49. The van der Waals surface area contributed by atoms with E-state index in [-0.39, 0.29) is 18.7 Å². The number of aromatic nitrogens is 2. The topological polar surface area (TPSA) is 57.9 Å². The molecule has 0 aliphatic rings. The van der Waals surface area contributed by atoms with Crippen LogP contribution in [0.5, 0.6) is 0 Å². The molecule has 9 heteroatoms. The maximum atomic E-state index is 11.9. The summed E-state index contributed by atoms with van der Waals surface area (Å²) in [5.74, 6) is 0. The Hall–Kier alpha value is -0.990. The summed E-state index contributed by atoms with van der Waals surface area (Å²) in [6.45, 7) is -1.40. The van der Waals surface area contributed by atoms with E-state index in [4.69, 9.17) is 11.6 Å². The van der Waals surface area contributed by atoms with Gasteiger partial charge in [-0.25, -0.2) is 4.79 Å². The van der Waals surface area contributed by atoms with Crippen LogP contribution in [-0.4, -0.2) is 29.4 Å². The number of rotatable bonds is 5. The fourth-order valence-corrected chi connectivity index (χ4v) is 2.86. The summed E-state index contributed by atoms with van der Waals surface area (Å²) < 4.78 is 41.0. The average Bonchev–Trinajstić information content (AvgIpc) is 2.71. The summed E-state index contributed by atoms with van der Waals surface area (Å²) in [5, 5.41) is -0.532. The Morgan fingerprint density at radius 2 is 1.90 bits per heavy atom. The lowest BCUT2D eigenvalue weighted by Gasteiger charge is -2.13. The molecule has 2 aromatic rings. The second-order valence-electron chi connectivity index (χ2n) is 4.42.